The number of rotatable bonds is 2. The maximum Gasteiger partial charge on any atom is 0.408 e. The van der Waals surface area contributed by atoms with Gasteiger partial charge in [0, 0.05) is 12.5 Å². The molecule has 2 saturated heterocycles. The molecule has 0 aromatic carbocycles. The summed E-state index contributed by atoms with van der Waals surface area (Å²) >= 11 is 0. The molecule has 2 aliphatic heterocycles. The zero-order chi connectivity index (χ0) is 15.9. The Morgan fingerprint density at radius 1 is 1.43 bits per heavy atom. The van der Waals surface area contributed by atoms with Crippen LogP contribution in [0.4, 0.5) is 4.79 Å². The van der Waals surface area contributed by atoms with E-state index in [0.717, 1.165) is 4.90 Å². The van der Waals surface area contributed by atoms with E-state index in [9.17, 15) is 19.8 Å². The van der Waals surface area contributed by atoms with Crippen LogP contribution in [0.2, 0.25) is 0 Å². The molecule has 1 unspecified atom stereocenters. The van der Waals surface area contributed by atoms with Gasteiger partial charge in [-0.2, -0.15) is 0 Å². The minimum Gasteiger partial charge on any atom is -0.465 e. The van der Waals surface area contributed by atoms with Crippen molar-refractivity contribution in [1.29, 1.82) is 0 Å². The topological polar surface area (TPSA) is 81.1 Å². The first-order chi connectivity index (χ1) is 9.66. The molecule has 2 N–H and O–H groups in total. The molecule has 0 aromatic rings. The van der Waals surface area contributed by atoms with Gasteiger partial charge in [0.1, 0.15) is 6.04 Å². The SMILES string of the molecule is C=CC(N1C[C@@H]2C[C@H](O)CN(C(=O)O)[C@@H]2C1=O)C(C)(C)C. The standard InChI is InChI=1S/C15H24N2O4/c1-5-11(15(2,3)4)16-7-9-6-10(18)8-17(14(20)21)12(9)13(16)19/h5,9-12,18H,1,6-8H2,2-4H3,(H,20,21)/t9-,10-,11?,12-/m0/s1. The number of fused-ring (bicyclic) bond motifs is 1. The van der Waals surface area contributed by atoms with Crippen molar-refractivity contribution in [3.8, 4) is 0 Å². The molecule has 118 valence electrons. The summed E-state index contributed by atoms with van der Waals surface area (Å²) in [5, 5.41) is 19.1. The van der Waals surface area contributed by atoms with E-state index in [4.69, 9.17) is 0 Å². The number of aliphatic hydroxyl groups excluding tert-OH is 1. The van der Waals surface area contributed by atoms with Crippen LogP contribution in [0.15, 0.2) is 12.7 Å². The fourth-order valence-corrected chi connectivity index (χ4v) is 3.57. The highest BCUT2D eigenvalue weighted by Gasteiger charge is 2.51. The lowest BCUT2D eigenvalue weighted by atomic mass is 9.86. The van der Waals surface area contributed by atoms with Crippen LogP contribution < -0.4 is 0 Å². The van der Waals surface area contributed by atoms with E-state index < -0.39 is 18.2 Å². The van der Waals surface area contributed by atoms with Crippen LogP contribution in [-0.4, -0.2) is 63.3 Å². The highest BCUT2D eigenvalue weighted by atomic mass is 16.4. The summed E-state index contributed by atoms with van der Waals surface area (Å²) in [4.78, 5) is 26.9. The number of carboxylic acid groups (broad SMARTS) is 1. The van der Waals surface area contributed by atoms with Gasteiger partial charge in [0.2, 0.25) is 5.91 Å². The number of β-amino-alcohol motifs (C(OH)–C–C–N with tert-alkyl or cyclic N) is 1. The van der Waals surface area contributed by atoms with Crippen molar-refractivity contribution in [2.45, 2.75) is 45.4 Å². The minimum atomic E-state index is -1.15. The molecule has 2 heterocycles. The predicted molar refractivity (Wildman–Crippen MR) is 77.8 cm³/mol. The maximum absolute atomic E-state index is 12.7. The van der Waals surface area contributed by atoms with E-state index >= 15 is 0 Å². The number of carbonyl (C=O) groups excluding carboxylic acids is 1. The smallest absolute Gasteiger partial charge is 0.408 e. The fraction of sp³-hybridized carbons (Fsp3) is 0.733. The van der Waals surface area contributed by atoms with Crippen LogP contribution in [-0.2, 0) is 4.79 Å². The number of nitrogens with zero attached hydrogens (tertiary/aromatic N) is 2. The minimum absolute atomic E-state index is 0.00432. The molecular formula is C15H24N2O4. The molecule has 0 aliphatic carbocycles. The first-order valence-corrected chi connectivity index (χ1v) is 7.27. The summed E-state index contributed by atoms with van der Waals surface area (Å²) in [5.74, 6) is -0.323. The average Bonchev–Trinajstić information content (AvgIpc) is 2.64. The Morgan fingerprint density at radius 3 is 2.52 bits per heavy atom. The van der Waals surface area contributed by atoms with E-state index in [-0.39, 0.29) is 29.8 Å². The van der Waals surface area contributed by atoms with E-state index in [1.165, 1.54) is 0 Å². The Balaban J connectivity index is 2.29. The highest BCUT2D eigenvalue weighted by Crippen LogP contribution is 2.36. The number of hydrogen-bond donors (Lipinski definition) is 2. The summed E-state index contributed by atoms with van der Waals surface area (Å²) in [7, 11) is 0. The molecule has 6 heteroatoms. The van der Waals surface area contributed by atoms with Gasteiger partial charge in [0.05, 0.1) is 18.7 Å². The molecular weight excluding hydrogens is 272 g/mol. The number of amides is 2. The number of carbonyl (C=O) groups is 2. The molecule has 4 atom stereocenters. The van der Waals surface area contributed by atoms with Gasteiger partial charge in [-0.15, -0.1) is 6.58 Å². The Labute approximate surface area is 125 Å². The molecule has 2 amide bonds. The number of hydrogen-bond acceptors (Lipinski definition) is 3. The van der Waals surface area contributed by atoms with Crippen LogP contribution in [0.5, 0.6) is 0 Å². The highest BCUT2D eigenvalue weighted by molar-refractivity contribution is 5.88. The summed E-state index contributed by atoms with van der Waals surface area (Å²) < 4.78 is 0. The third-order valence-electron chi connectivity index (χ3n) is 4.42. The van der Waals surface area contributed by atoms with Crippen molar-refractivity contribution in [2.24, 2.45) is 11.3 Å². The van der Waals surface area contributed by atoms with Gasteiger partial charge < -0.3 is 15.1 Å². The van der Waals surface area contributed by atoms with Crippen molar-refractivity contribution >= 4 is 12.0 Å². The van der Waals surface area contributed by atoms with Gasteiger partial charge in [-0.05, 0) is 11.8 Å². The Hall–Kier alpha value is -1.56. The second-order valence-corrected chi connectivity index (χ2v) is 7.07. The largest absolute Gasteiger partial charge is 0.465 e. The number of likely N-dealkylation sites (tertiary alicyclic amines) is 2. The molecule has 0 saturated carbocycles. The molecule has 21 heavy (non-hydrogen) atoms. The summed E-state index contributed by atoms with van der Waals surface area (Å²) in [5.41, 5.74) is -0.169. The summed E-state index contributed by atoms with van der Waals surface area (Å²) in [6.45, 7) is 10.4. The van der Waals surface area contributed by atoms with Crippen molar-refractivity contribution in [3.63, 3.8) is 0 Å². The summed E-state index contributed by atoms with van der Waals surface area (Å²) in [6, 6.07) is -0.820. The van der Waals surface area contributed by atoms with Gasteiger partial charge in [-0.1, -0.05) is 26.8 Å². The average molecular weight is 296 g/mol. The zero-order valence-electron chi connectivity index (χ0n) is 12.8. The Morgan fingerprint density at radius 2 is 2.05 bits per heavy atom. The normalized spacial score (nSPS) is 31.0. The number of aliphatic hydroxyl groups is 1. The monoisotopic (exact) mass is 296 g/mol. The maximum atomic E-state index is 12.7. The van der Waals surface area contributed by atoms with E-state index in [0.29, 0.717) is 13.0 Å². The third kappa shape index (κ3) is 2.77. The van der Waals surface area contributed by atoms with Crippen molar-refractivity contribution in [2.75, 3.05) is 13.1 Å². The van der Waals surface area contributed by atoms with Crippen LogP contribution in [0, 0.1) is 11.3 Å². The third-order valence-corrected chi connectivity index (χ3v) is 4.42. The second kappa shape index (κ2) is 5.33. The van der Waals surface area contributed by atoms with Crippen LogP contribution in [0.25, 0.3) is 0 Å². The van der Waals surface area contributed by atoms with Crippen molar-refractivity contribution in [3.05, 3.63) is 12.7 Å². The lowest BCUT2D eigenvalue weighted by Crippen LogP contribution is -2.55. The molecule has 0 bridgehead atoms. The first kappa shape index (κ1) is 15.8. The van der Waals surface area contributed by atoms with Crippen molar-refractivity contribution < 1.29 is 19.8 Å². The lowest BCUT2D eigenvalue weighted by Gasteiger charge is -2.37. The van der Waals surface area contributed by atoms with Crippen LogP contribution >= 0.6 is 0 Å². The molecule has 2 fully saturated rings. The van der Waals surface area contributed by atoms with E-state index in [1.54, 1.807) is 11.0 Å². The van der Waals surface area contributed by atoms with Gasteiger partial charge in [-0.3, -0.25) is 9.69 Å². The second-order valence-electron chi connectivity index (χ2n) is 7.07. The van der Waals surface area contributed by atoms with Gasteiger partial charge in [0.25, 0.3) is 0 Å². The van der Waals surface area contributed by atoms with Gasteiger partial charge in [-0.25, -0.2) is 4.79 Å². The zero-order valence-corrected chi connectivity index (χ0v) is 12.8. The van der Waals surface area contributed by atoms with E-state index in [2.05, 4.69) is 6.58 Å². The summed E-state index contributed by atoms with van der Waals surface area (Å²) in [6.07, 6.45) is 0.360. The van der Waals surface area contributed by atoms with Crippen LogP contribution in [0.3, 0.4) is 0 Å². The predicted octanol–water partition coefficient (Wildman–Crippen LogP) is 1.16. The van der Waals surface area contributed by atoms with Crippen molar-refractivity contribution in [1.82, 2.24) is 9.80 Å². The number of piperidine rings is 1. The fourth-order valence-electron chi connectivity index (χ4n) is 3.57. The first-order valence-electron chi connectivity index (χ1n) is 7.27. The molecule has 6 nitrogen and oxygen atoms in total. The van der Waals surface area contributed by atoms with Gasteiger partial charge in [0.15, 0.2) is 0 Å². The molecule has 2 rings (SSSR count). The van der Waals surface area contributed by atoms with E-state index in [1.807, 2.05) is 20.8 Å². The Kier molecular flexibility index (Phi) is 4.02. The van der Waals surface area contributed by atoms with Crippen LogP contribution in [0.1, 0.15) is 27.2 Å². The van der Waals surface area contributed by atoms with Gasteiger partial charge >= 0.3 is 6.09 Å². The molecule has 0 aromatic heterocycles. The lowest BCUT2D eigenvalue weighted by molar-refractivity contribution is -0.135. The molecule has 0 radical (unpaired) electrons. The molecule has 2 aliphatic rings. The Bertz CT molecular complexity index is 457. The quantitative estimate of drug-likeness (QED) is 0.749. The molecule has 0 spiro atoms.